The van der Waals surface area contributed by atoms with Gasteiger partial charge in [-0.3, -0.25) is 19.2 Å². The zero-order valence-corrected chi connectivity index (χ0v) is 50.6. The van der Waals surface area contributed by atoms with E-state index in [0.29, 0.717) is 57.1 Å². The van der Waals surface area contributed by atoms with Gasteiger partial charge in [-0.05, 0) is 105 Å². The Morgan fingerprint density at radius 1 is 0.537 bits per heavy atom. The lowest BCUT2D eigenvalue weighted by molar-refractivity contribution is -0.174. The number of rotatable bonds is 31. The first-order valence-electron chi connectivity index (χ1n) is 28.7. The molecule has 2 N–H and O–H groups in total. The van der Waals surface area contributed by atoms with Gasteiger partial charge in [0.25, 0.3) is 17.7 Å². The molecular formula is C61H92N6O15. The molecule has 3 amide bonds. The van der Waals surface area contributed by atoms with E-state index < -0.39 is 96.2 Å². The number of amides is 3. The number of nitrogens with one attached hydrogen (secondary N) is 1. The lowest BCUT2D eigenvalue weighted by Crippen LogP contribution is -2.54. The lowest BCUT2D eigenvalue weighted by atomic mass is 10.00. The van der Waals surface area contributed by atoms with E-state index in [-0.39, 0.29) is 55.8 Å². The van der Waals surface area contributed by atoms with E-state index >= 15 is 0 Å². The topological polar surface area (TPSA) is 240 Å². The minimum atomic E-state index is -1.67. The van der Waals surface area contributed by atoms with Gasteiger partial charge >= 0.3 is 29.8 Å². The number of carbonyl (C=O) groups is 8. The first kappa shape index (κ1) is 67.9. The average molecular weight is 1150 g/mol. The van der Waals surface area contributed by atoms with Crippen molar-refractivity contribution in [2.45, 2.75) is 149 Å². The molecule has 0 unspecified atom stereocenters. The Bertz CT molecular complexity index is 2420. The number of carboxylic acids is 1. The first-order valence-corrected chi connectivity index (χ1v) is 28.7. The van der Waals surface area contributed by atoms with Crippen LogP contribution in [0.2, 0.25) is 0 Å². The molecule has 21 heteroatoms. The van der Waals surface area contributed by atoms with E-state index in [1.165, 1.54) is 33.0 Å². The van der Waals surface area contributed by atoms with Gasteiger partial charge in [0.15, 0.2) is 24.4 Å². The summed E-state index contributed by atoms with van der Waals surface area (Å²) in [6.45, 7) is 25.1. The first-order chi connectivity index (χ1) is 38.8. The van der Waals surface area contributed by atoms with Gasteiger partial charge in [-0.1, -0.05) is 86.2 Å². The standard InChI is InChI=1S/C61H92N6O15/c1-15-51(80-60(75)49(34-40(6)7)65(14)55(69)52(81-58(73)47(62-11)32-38(2)3)36-43-16-20-45(21-17-43)66-24-28-77-29-25-66)54(68)63(12)50(35-41(8)9)61(76)82-53(37-44-18-22-46(23-19-44)67-26-30-78-31-27-67)56(70)64(13)48(33-39(4)5)59(74)79-42(10)57(71)72/h15-23,38-42,47-53,62H,1,24-37H2,2-14H3,(H,71,72)/t42-,47+,48+,49+,50+,51-,52-,53-/m1/s1. The lowest BCUT2D eigenvalue weighted by Gasteiger charge is -2.34. The van der Waals surface area contributed by atoms with Crippen LogP contribution in [0.25, 0.3) is 0 Å². The Kier molecular flexibility index (Phi) is 27.3. The maximum Gasteiger partial charge on any atom is 0.344 e. The molecule has 0 bridgehead atoms. The summed E-state index contributed by atoms with van der Waals surface area (Å²) >= 11 is 0. The zero-order valence-electron chi connectivity index (χ0n) is 50.6. The second kappa shape index (κ2) is 32.9. The molecule has 0 aliphatic carbocycles. The van der Waals surface area contributed by atoms with Crippen LogP contribution in [-0.4, -0.2) is 197 Å². The summed E-state index contributed by atoms with van der Waals surface area (Å²) in [6, 6.07) is 10.4. The molecular weight excluding hydrogens is 1060 g/mol. The molecule has 0 aromatic heterocycles. The number of ether oxygens (including phenoxy) is 6. The molecule has 0 saturated carbocycles. The van der Waals surface area contributed by atoms with Crippen molar-refractivity contribution in [3.63, 3.8) is 0 Å². The third-order valence-corrected chi connectivity index (χ3v) is 14.6. The summed E-state index contributed by atoms with van der Waals surface area (Å²) in [6.07, 6.45) is -4.48. The highest BCUT2D eigenvalue weighted by molar-refractivity contribution is 5.94. The predicted octanol–water partition coefficient (Wildman–Crippen LogP) is 5.34. The summed E-state index contributed by atoms with van der Waals surface area (Å²) in [7, 11) is 5.77. The fraction of sp³-hybridized carbons (Fsp3) is 0.639. The van der Waals surface area contributed by atoms with E-state index in [2.05, 4.69) is 21.7 Å². The number of likely N-dealkylation sites (N-methyl/N-ethyl adjacent to an activating group) is 4. The fourth-order valence-corrected chi connectivity index (χ4v) is 9.76. The number of aliphatic carboxylic acids is 1. The van der Waals surface area contributed by atoms with E-state index in [0.717, 1.165) is 40.3 Å². The van der Waals surface area contributed by atoms with E-state index in [1.54, 1.807) is 19.2 Å². The van der Waals surface area contributed by atoms with Crippen LogP contribution in [0, 0.1) is 23.7 Å². The molecule has 2 aliphatic rings. The number of morpholine rings is 2. The zero-order chi connectivity index (χ0) is 61.0. The van der Waals surface area contributed by atoms with Crippen molar-refractivity contribution in [1.82, 2.24) is 20.0 Å². The average Bonchev–Trinajstić information content (AvgIpc) is 3.54. The number of esters is 4. The maximum atomic E-state index is 14.8. The molecule has 0 radical (unpaired) electrons. The Balaban J connectivity index is 1.64. The van der Waals surface area contributed by atoms with Crippen molar-refractivity contribution in [1.29, 1.82) is 0 Å². The molecule has 2 aromatic rings. The Morgan fingerprint density at radius 3 is 1.22 bits per heavy atom. The van der Waals surface area contributed by atoms with Gasteiger partial charge in [0.05, 0.1) is 26.4 Å². The van der Waals surface area contributed by atoms with Crippen LogP contribution >= 0.6 is 0 Å². The summed E-state index contributed by atoms with van der Waals surface area (Å²) in [5.74, 6) is -7.62. The Morgan fingerprint density at radius 2 is 0.878 bits per heavy atom. The molecule has 4 rings (SSSR count). The van der Waals surface area contributed by atoms with Gasteiger partial charge < -0.3 is 63.3 Å². The van der Waals surface area contributed by atoms with Gasteiger partial charge in [-0.15, -0.1) is 0 Å². The molecule has 2 saturated heterocycles. The van der Waals surface area contributed by atoms with Crippen molar-refractivity contribution in [2.24, 2.45) is 23.7 Å². The third kappa shape index (κ3) is 20.4. The number of benzene rings is 2. The molecule has 8 atom stereocenters. The normalized spacial score (nSPS) is 16.7. The largest absolute Gasteiger partial charge is 0.479 e. The fourth-order valence-electron chi connectivity index (χ4n) is 9.76. The highest BCUT2D eigenvalue weighted by atomic mass is 16.6. The molecule has 0 spiro atoms. The van der Waals surface area contributed by atoms with Gasteiger partial charge in [-0.2, -0.15) is 0 Å². The van der Waals surface area contributed by atoms with Gasteiger partial charge in [0.2, 0.25) is 0 Å². The third-order valence-electron chi connectivity index (χ3n) is 14.6. The predicted molar refractivity (Wildman–Crippen MR) is 310 cm³/mol. The second-order valence-corrected chi connectivity index (χ2v) is 23.1. The van der Waals surface area contributed by atoms with Crippen LogP contribution in [0.15, 0.2) is 61.2 Å². The number of carbonyl (C=O) groups excluding carboxylic acids is 7. The van der Waals surface area contributed by atoms with Crippen molar-refractivity contribution in [2.75, 3.05) is 90.6 Å². The summed E-state index contributed by atoms with van der Waals surface area (Å²) in [5, 5.41) is 12.5. The number of carboxylic acid groups (broad SMARTS) is 1. The highest BCUT2D eigenvalue weighted by Gasteiger charge is 2.42. The van der Waals surface area contributed by atoms with Crippen molar-refractivity contribution < 1.29 is 71.9 Å². The summed E-state index contributed by atoms with van der Waals surface area (Å²) in [5.41, 5.74) is 3.22. The minimum Gasteiger partial charge on any atom is -0.479 e. The highest BCUT2D eigenvalue weighted by Crippen LogP contribution is 2.25. The molecule has 2 aromatic carbocycles. The van der Waals surface area contributed by atoms with E-state index in [4.69, 9.17) is 28.4 Å². The van der Waals surface area contributed by atoms with Crippen LogP contribution in [0.5, 0.6) is 0 Å². The molecule has 2 aliphatic heterocycles. The number of anilines is 2. The quantitative estimate of drug-likeness (QED) is 0.0550. The number of hydrogen-bond donors (Lipinski definition) is 2. The van der Waals surface area contributed by atoms with Gasteiger partial charge in [0.1, 0.15) is 24.2 Å². The monoisotopic (exact) mass is 1150 g/mol. The van der Waals surface area contributed by atoms with Gasteiger partial charge in [0, 0.05) is 71.5 Å². The Labute approximate surface area is 485 Å². The minimum absolute atomic E-state index is 0.00709. The number of hydrogen-bond acceptors (Lipinski definition) is 17. The van der Waals surface area contributed by atoms with Crippen molar-refractivity contribution in [3.8, 4) is 0 Å². The van der Waals surface area contributed by atoms with Crippen LogP contribution in [0.1, 0.15) is 99.1 Å². The SMILES string of the molecule is C=C[C@@H](OC(=O)[C@H](CC(C)C)N(C)C(=O)[C@@H](Cc1ccc(N2CCOCC2)cc1)OC(=O)[C@H](CC(C)C)NC)C(=O)N(C)[C@@H](CC(C)C)C(=O)O[C@H](Cc1ccc(N2CCOCC2)cc1)C(=O)N(C)[C@@H](CC(C)C)C(=O)O[C@H](C)C(=O)O. The van der Waals surface area contributed by atoms with Crippen LogP contribution < -0.4 is 15.1 Å². The van der Waals surface area contributed by atoms with E-state index in [9.17, 15) is 43.5 Å². The number of nitrogens with zero attached hydrogens (tertiary/aromatic N) is 5. The molecule has 82 heavy (non-hydrogen) atoms. The molecule has 2 fully saturated rings. The maximum absolute atomic E-state index is 14.8. The van der Waals surface area contributed by atoms with Crippen LogP contribution in [-0.2, 0) is 79.6 Å². The summed E-state index contributed by atoms with van der Waals surface area (Å²) < 4.78 is 34.4. The van der Waals surface area contributed by atoms with Crippen molar-refractivity contribution >= 4 is 58.9 Å². The van der Waals surface area contributed by atoms with Crippen molar-refractivity contribution in [3.05, 3.63) is 72.3 Å². The van der Waals surface area contributed by atoms with Crippen LogP contribution in [0.4, 0.5) is 11.4 Å². The van der Waals surface area contributed by atoms with Gasteiger partial charge in [-0.25, -0.2) is 19.2 Å². The molecule has 456 valence electrons. The summed E-state index contributed by atoms with van der Waals surface area (Å²) in [4.78, 5) is 120. The smallest absolute Gasteiger partial charge is 0.344 e. The molecule has 2 heterocycles. The van der Waals surface area contributed by atoms with Crippen LogP contribution in [0.3, 0.4) is 0 Å². The second-order valence-electron chi connectivity index (χ2n) is 23.1. The Hall–Kier alpha value is -6.58. The molecule has 21 nitrogen and oxygen atoms in total. The van der Waals surface area contributed by atoms with E-state index in [1.807, 2.05) is 91.8 Å².